The van der Waals surface area contributed by atoms with Gasteiger partial charge in [-0.25, -0.2) is 0 Å². The van der Waals surface area contributed by atoms with Crippen molar-refractivity contribution in [1.29, 1.82) is 0 Å². The van der Waals surface area contributed by atoms with Crippen molar-refractivity contribution < 1.29 is 9.53 Å². The van der Waals surface area contributed by atoms with E-state index in [9.17, 15) is 4.79 Å². The SMILES string of the molecule is O=C(CCC1CCOCC1)NCc1ccccc1Cl. The summed E-state index contributed by atoms with van der Waals surface area (Å²) in [6.07, 6.45) is 3.71. The van der Waals surface area contributed by atoms with Crippen LogP contribution in [0.5, 0.6) is 0 Å². The standard InChI is InChI=1S/C15H20ClNO2/c16-14-4-2-1-3-13(14)11-17-15(18)6-5-12-7-9-19-10-8-12/h1-4,12H,5-11H2,(H,17,18). The molecule has 0 radical (unpaired) electrons. The monoisotopic (exact) mass is 281 g/mol. The third-order valence-electron chi connectivity index (χ3n) is 3.55. The van der Waals surface area contributed by atoms with Gasteiger partial charge in [-0.1, -0.05) is 29.8 Å². The fourth-order valence-electron chi connectivity index (χ4n) is 2.29. The Kier molecular flexibility index (Phi) is 5.67. The van der Waals surface area contributed by atoms with Crippen LogP contribution in [0.1, 0.15) is 31.2 Å². The van der Waals surface area contributed by atoms with Gasteiger partial charge in [-0.2, -0.15) is 0 Å². The summed E-state index contributed by atoms with van der Waals surface area (Å²) in [7, 11) is 0. The molecule has 1 saturated heterocycles. The van der Waals surface area contributed by atoms with Gasteiger partial charge in [0.2, 0.25) is 5.91 Å². The number of amides is 1. The third-order valence-corrected chi connectivity index (χ3v) is 3.92. The number of hydrogen-bond acceptors (Lipinski definition) is 2. The van der Waals surface area contributed by atoms with E-state index in [2.05, 4.69) is 5.32 Å². The predicted octanol–water partition coefficient (Wildman–Crippen LogP) is 3.16. The minimum atomic E-state index is 0.103. The molecule has 0 aliphatic carbocycles. The van der Waals surface area contributed by atoms with Crippen LogP contribution < -0.4 is 5.32 Å². The number of nitrogens with one attached hydrogen (secondary N) is 1. The minimum absolute atomic E-state index is 0.103. The summed E-state index contributed by atoms with van der Waals surface area (Å²) < 4.78 is 5.31. The van der Waals surface area contributed by atoms with Gasteiger partial charge in [-0.05, 0) is 36.8 Å². The molecular formula is C15H20ClNO2. The quantitative estimate of drug-likeness (QED) is 0.900. The van der Waals surface area contributed by atoms with E-state index in [0.717, 1.165) is 38.0 Å². The van der Waals surface area contributed by atoms with Crippen molar-refractivity contribution >= 4 is 17.5 Å². The van der Waals surface area contributed by atoms with Gasteiger partial charge in [-0.15, -0.1) is 0 Å². The van der Waals surface area contributed by atoms with Crippen molar-refractivity contribution in [3.05, 3.63) is 34.9 Å². The molecule has 0 saturated carbocycles. The molecule has 3 nitrogen and oxygen atoms in total. The van der Waals surface area contributed by atoms with Gasteiger partial charge >= 0.3 is 0 Å². The Hall–Kier alpha value is -1.06. The molecular weight excluding hydrogens is 262 g/mol. The lowest BCUT2D eigenvalue weighted by molar-refractivity contribution is -0.121. The van der Waals surface area contributed by atoms with Crippen LogP contribution in [-0.4, -0.2) is 19.1 Å². The maximum Gasteiger partial charge on any atom is 0.220 e. The summed E-state index contributed by atoms with van der Waals surface area (Å²) >= 11 is 6.04. The van der Waals surface area contributed by atoms with E-state index in [1.54, 1.807) is 0 Å². The highest BCUT2D eigenvalue weighted by Crippen LogP contribution is 2.20. The lowest BCUT2D eigenvalue weighted by Crippen LogP contribution is -2.24. The smallest absolute Gasteiger partial charge is 0.220 e. The molecule has 0 unspecified atom stereocenters. The largest absolute Gasteiger partial charge is 0.381 e. The van der Waals surface area contributed by atoms with Crippen LogP contribution in [0.15, 0.2) is 24.3 Å². The van der Waals surface area contributed by atoms with E-state index in [4.69, 9.17) is 16.3 Å². The molecule has 0 bridgehead atoms. The Bertz CT molecular complexity index is 416. The van der Waals surface area contributed by atoms with E-state index in [1.807, 2.05) is 24.3 Å². The molecule has 0 aromatic heterocycles. The normalized spacial score (nSPS) is 16.3. The van der Waals surface area contributed by atoms with Gasteiger partial charge in [-0.3, -0.25) is 4.79 Å². The molecule has 4 heteroatoms. The topological polar surface area (TPSA) is 38.3 Å². The van der Waals surface area contributed by atoms with Crippen LogP contribution in [0.3, 0.4) is 0 Å². The fraction of sp³-hybridized carbons (Fsp3) is 0.533. The van der Waals surface area contributed by atoms with Crippen molar-refractivity contribution in [3.8, 4) is 0 Å². The highest BCUT2D eigenvalue weighted by Gasteiger charge is 2.15. The number of carbonyl (C=O) groups is 1. The van der Waals surface area contributed by atoms with E-state index in [0.29, 0.717) is 23.9 Å². The fourth-order valence-corrected chi connectivity index (χ4v) is 2.50. The van der Waals surface area contributed by atoms with Crippen molar-refractivity contribution in [1.82, 2.24) is 5.32 Å². The van der Waals surface area contributed by atoms with Gasteiger partial charge in [0.25, 0.3) is 0 Å². The van der Waals surface area contributed by atoms with Gasteiger partial charge < -0.3 is 10.1 Å². The number of ether oxygens (including phenoxy) is 1. The number of carbonyl (C=O) groups excluding carboxylic acids is 1. The first kappa shape index (κ1) is 14.4. The summed E-state index contributed by atoms with van der Waals surface area (Å²) in [6, 6.07) is 7.58. The highest BCUT2D eigenvalue weighted by atomic mass is 35.5. The Morgan fingerprint density at radius 1 is 1.32 bits per heavy atom. The van der Waals surface area contributed by atoms with Gasteiger partial charge in [0.1, 0.15) is 0 Å². The number of halogens is 1. The maximum atomic E-state index is 11.8. The molecule has 1 aromatic carbocycles. The lowest BCUT2D eigenvalue weighted by Gasteiger charge is -2.21. The molecule has 2 rings (SSSR count). The Labute approximate surface area is 119 Å². The van der Waals surface area contributed by atoms with Crippen LogP contribution in [0.25, 0.3) is 0 Å². The number of benzene rings is 1. The average Bonchev–Trinajstić information content (AvgIpc) is 2.45. The van der Waals surface area contributed by atoms with Crippen LogP contribution >= 0.6 is 11.6 Å². The van der Waals surface area contributed by atoms with Crippen LogP contribution in [-0.2, 0) is 16.1 Å². The zero-order valence-electron chi connectivity index (χ0n) is 11.0. The van der Waals surface area contributed by atoms with E-state index < -0.39 is 0 Å². The summed E-state index contributed by atoms with van der Waals surface area (Å²) in [5, 5.41) is 3.63. The lowest BCUT2D eigenvalue weighted by atomic mass is 9.95. The molecule has 1 aliphatic rings. The summed E-state index contributed by atoms with van der Waals surface area (Å²) in [5.41, 5.74) is 0.962. The zero-order valence-corrected chi connectivity index (χ0v) is 11.8. The molecule has 1 aromatic rings. The van der Waals surface area contributed by atoms with E-state index >= 15 is 0 Å². The first-order valence-electron chi connectivity index (χ1n) is 6.83. The molecule has 1 aliphatic heterocycles. The van der Waals surface area contributed by atoms with E-state index in [-0.39, 0.29) is 5.91 Å². The molecule has 1 amide bonds. The minimum Gasteiger partial charge on any atom is -0.381 e. The van der Waals surface area contributed by atoms with Crippen LogP contribution in [0.4, 0.5) is 0 Å². The number of hydrogen-bond donors (Lipinski definition) is 1. The Balaban J connectivity index is 1.68. The van der Waals surface area contributed by atoms with Gasteiger partial charge in [0.05, 0.1) is 0 Å². The second-order valence-corrected chi connectivity index (χ2v) is 5.37. The van der Waals surface area contributed by atoms with Gasteiger partial charge in [0, 0.05) is 31.2 Å². The Morgan fingerprint density at radius 2 is 2.05 bits per heavy atom. The molecule has 19 heavy (non-hydrogen) atoms. The summed E-state index contributed by atoms with van der Waals surface area (Å²) in [6.45, 7) is 2.18. The predicted molar refractivity (Wildman–Crippen MR) is 76.1 cm³/mol. The molecule has 0 atom stereocenters. The van der Waals surface area contributed by atoms with Crippen molar-refractivity contribution in [2.24, 2.45) is 5.92 Å². The molecule has 1 fully saturated rings. The molecule has 1 heterocycles. The van der Waals surface area contributed by atoms with Crippen LogP contribution in [0, 0.1) is 5.92 Å². The van der Waals surface area contributed by atoms with Crippen molar-refractivity contribution in [3.63, 3.8) is 0 Å². The average molecular weight is 282 g/mol. The first-order valence-corrected chi connectivity index (χ1v) is 7.21. The Morgan fingerprint density at radius 3 is 2.79 bits per heavy atom. The second kappa shape index (κ2) is 7.51. The highest BCUT2D eigenvalue weighted by molar-refractivity contribution is 6.31. The van der Waals surface area contributed by atoms with Crippen molar-refractivity contribution in [2.75, 3.05) is 13.2 Å². The van der Waals surface area contributed by atoms with Crippen LogP contribution in [0.2, 0.25) is 5.02 Å². The molecule has 1 N–H and O–H groups in total. The zero-order chi connectivity index (χ0) is 13.5. The molecule has 0 spiro atoms. The second-order valence-electron chi connectivity index (χ2n) is 4.96. The summed E-state index contributed by atoms with van der Waals surface area (Å²) in [4.78, 5) is 11.8. The number of rotatable bonds is 5. The summed E-state index contributed by atoms with van der Waals surface area (Å²) in [5.74, 6) is 0.742. The molecule has 104 valence electrons. The van der Waals surface area contributed by atoms with E-state index in [1.165, 1.54) is 0 Å². The third kappa shape index (κ3) is 4.84. The first-order chi connectivity index (χ1) is 9.25. The van der Waals surface area contributed by atoms with Gasteiger partial charge in [0.15, 0.2) is 0 Å². The van der Waals surface area contributed by atoms with Crippen molar-refractivity contribution in [2.45, 2.75) is 32.2 Å². The maximum absolute atomic E-state index is 11.8.